The Hall–Kier alpha value is -0.680. The number of nitrogens with one attached hydrogen (secondary N) is 1. The first-order valence-electron chi connectivity index (χ1n) is 7.19. The summed E-state index contributed by atoms with van der Waals surface area (Å²) in [6.07, 6.45) is 5.56. The Morgan fingerprint density at radius 2 is 1.95 bits per heavy atom. The van der Waals surface area contributed by atoms with E-state index in [0.717, 1.165) is 47.4 Å². The average molecular weight is 342 g/mol. The van der Waals surface area contributed by atoms with Crippen LogP contribution in [0.3, 0.4) is 0 Å². The van der Waals surface area contributed by atoms with Gasteiger partial charge in [-0.25, -0.2) is 0 Å². The third kappa shape index (κ3) is 4.65. The highest BCUT2D eigenvalue weighted by atomic mass is 35.5. The number of hydrogen-bond donors (Lipinski definition) is 1. The summed E-state index contributed by atoms with van der Waals surface area (Å²) < 4.78 is 0. The lowest BCUT2D eigenvalue weighted by atomic mass is 10.2. The van der Waals surface area contributed by atoms with Gasteiger partial charge in [-0.1, -0.05) is 29.3 Å². The molecule has 1 aromatic heterocycles. The Balaban J connectivity index is 1.50. The Labute approximate surface area is 138 Å². The van der Waals surface area contributed by atoms with Crippen molar-refractivity contribution in [3.8, 4) is 0 Å². The fourth-order valence-electron chi connectivity index (χ4n) is 2.12. The van der Waals surface area contributed by atoms with E-state index < -0.39 is 0 Å². The van der Waals surface area contributed by atoms with Crippen LogP contribution in [0.5, 0.6) is 0 Å². The second-order valence-electron chi connectivity index (χ2n) is 5.35. The van der Waals surface area contributed by atoms with Gasteiger partial charge < -0.3 is 5.32 Å². The minimum Gasteiger partial charge on any atom is -0.314 e. The number of nitrogens with zero attached hydrogens (tertiary/aromatic N) is 2. The molecule has 0 radical (unpaired) electrons. The highest BCUT2D eigenvalue weighted by Crippen LogP contribution is 2.24. The van der Waals surface area contributed by atoms with Gasteiger partial charge in [-0.05, 0) is 43.5 Å². The smallest absolute Gasteiger partial charge is 0.121 e. The number of rotatable bonds is 7. The summed E-state index contributed by atoms with van der Waals surface area (Å²) in [6, 6.07) is 6.48. The number of hydrogen-bond acceptors (Lipinski definition) is 4. The molecule has 6 heteroatoms. The van der Waals surface area contributed by atoms with E-state index in [4.69, 9.17) is 23.2 Å². The van der Waals surface area contributed by atoms with Crippen LogP contribution < -0.4 is 5.32 Å². The molecule has 1 fully saturated rings. The van der Waals surface area contributed by atoms with Crippen molar-refractivity contribution in [2.24, 2.45) is 0 Å². The lowest BCUT2D eigenvalue weighted by molar-refractivity contribution is 0.643. The topological polar surface area (TPSA) is 37.8 Å². The molecule has 0 unspecified atom stereocenters. The van der Waals surface area contributed by atoms with Crippen LogP contribution in [0.1, 0.15) is 34.8 Å². The largest absolute Gasteiger partial charge is 0.314 e. The number of benzene rings is 1. The lowest BCUT2D eigenvalue weighted by Gasteiger charge is -2.00. The van der Waals surface area contributed by atoms with Crippen LogP contribution in [0.4, 0.5) is 0 Å². The van der Waals surface area contributed by atoms with E-state index in [2.05, 4.69) is 15.5 Å². The van der Waals surface area contributed by atoms with Gasteiger partial charge in [-0.2, -0.15) is 0 Å². The number of halogens is 2. The molecule has 0 aliphatic heterocycles. The second kappa shape index (κ2) is 7.05. The van der Waals surface area contributed by atoms with E-state index >= 15 is 0 Å². The zero-order valence-electron chi connectivity index (χ0n) is 11.6. The molecule has 0 atom stereocenters. The molecule has 3 rings (SSSR count). The molecule has 0 bridgehead atoms. The Kier molecular flexibility index (Phi) is 5.11. The standard InChI is InChI=1S/C15H17Cl2N3S/c16-12-6-3-10(8-13(12)17)9-15-20-19-14(21-15)2-1-7-18-11-4-5-11/h3,6,8,11,18H,1-2,4-5,7,9H2. The Morgan fingerprint density at radius 1 is 1.14 bits per heavy atom. The zero-order chi connectivity index (χ0) is 14.7. The van der Waals surface area contributed by atoms with Gasteiger partial charge in [0, 0.05) is 18.9 Å². The molecule has 2 aromatic rings. The van der Waals surface area contributed by atoms with Crippen molar-refractivity contribution in [2.45, 2.75) is 38.1 Å². The van der Waals surface area contributed by atoms with Crippen molar-refractivity contribution in [2.75, 3.05) is 6.54 Å². The lowest BCUT2D eigenvalue weighted by Crippen LogP contribution is -2.17. The third-order valence-corrected chi connectivity index (χ3v) is 5.15. The van der Waals surface area contributed by atoms with Gasteiger partial charge >= 0.3 is 0 Å². The average Bonchev–Trinajstić information content (AvgIpc) is 3.19. The molecular weight excluding hydrogens is 325 g/mol. The van der Waals surface area contributed by atoms with Gasteiger partial charge in [-0.3, -0.25) is 0 Å². The van der Waals surface area contributed by atoms with Crippen molar-refractivity contribution in [1.29, 1.82) is 0 Å². The third-order valence-electron chi connectivity index (χ3n) is 3.43. The molecule has 1 heterocycles. The molecule has 21 heavy (non-hydrogen) atoms. The Morgan fingerprint density at radius 3 is 2.71 bits per heavy atom. The second-order valence-corrected chi connectivity index (χ2v) is 7.31. The van der Waals surface area contributed by atoms with E-state index in [0.29, 0.717) is 10.0 Å². The predicted octanol–water partition coefficient (Wildman–Crippen LogP) is 4.12. The normalized spacial score (nSPS) is 14.6. The summed E-state index contributed by atoms with van der Waals surface area (Å²) in [7, 11) is 0. The minimum absolute atomic E-state index is 0.585. The van der Waals surface area contributed by atoms with E-state index in [1.54, 1.807) is 11.3 Å². The summed E-state index contributed by atoms with van der Waals surface area (Å²) in [6.45, 7) is 1.08. The highest BCUT2D eigenvalue weighted by Gasteiger charge is 2.19. The van der Waals surface area contributed by atoms with E-state index in [1.807, 2.05) is 18.2 Å². The maximum absolute atomic E-state index is 6.03. The van der Waals surface area contributed by atoms with Gasteiger partial charge in [0.15, 0.2) is 0 Å². The maximum Gasteiger partial charge on any atom is 0.121 e. The van der Waals surface area contributed by atoms with Crippen molar-refractivity contribution < 1.29 is 0 Å². The Bertz CT molecular complexity index is 611. The van der Waals surface area contributed by atoms with E-state index in [9.17, 15) is 0 Å². The molecule has 3 nitrogen and oxygen atoms in total. The molecule has 0 saturated heterocycles. The van der Waals surface area contributed by atoms with Crippen LogP contribution in [0.25, 0.3) is 0 Å². The summed E-state index contributed by atoms with van der Waals surface area (Å²) >= 11 is 13.6. The van der Waals surface area contributed by atoms with Crippen LogP contribution in [0.15, 0.2) is 18.2 Å². The first-order chi connectivity index (χ1) is 10.2. The van der Waals surface area contributed by atoms with Crippen molar-refractivity contribution in [3.63, 3.8) is 0 Å². The highest BCUT2D eigenvalue weighted by molar-refractivity contribution is 7.11. The van der Waals surface area contributed by atoms with Gasteiger partial charge in [0.2, 0.25) is 0 Å². The van der Waals surface area contributed by atoms with Gasteiger partial charge in [0.05, 0.1) is 10.0 Å². The quantitative estimate of drug-likeness (QED) is 0.769. The molecular formula is C15H17Cl2N3S. The summed E-state index contributed by atoms with van der Waals surface area (Å²) in [5.41, 5.74) is 1.11. The number of aryl methyl sites for hydroxylation is 1. The summed E-state index contributed by atoms with van der Waals surface area (Å²) in [5, 5.41) is 15.4. The van der Waals surface area contributed by atoms with Crippen LogP contribution in [0, 0.1) is 0 Å². The SMILES string of the molecule is Clc1ccc(Cc2nnc(CCCNC3CC3)s2)cc1Cl. The van der Waals surface area contributed by atoms with Crippen LogP contribution >= 0.6 is 34.5 Å². The molecule has 0 spiro atoms. The van der Waals surface area contributed by atoms with Gasteiger partial charge in [0.1, 0.15) is 10.0 Å². The van der Waals surface area contributed by atoms with E-state index in [1.165, 1.54) is 12.8 Å². The van der Waals surface area contributed by atoms with Gasteiger partial charge in [-0.15, -0.1) is 21.5 Å². The van der Waals surface area contributed by atoms with E-state index in [-0.39, 0.29) is 0 Å². The predicted molar refractivity (Wildman–Crippen MR) is 88.5 cm³/mol. The first-order valence-corrected chi connectivity index (χ1v) is 8.76. The van der Waals surface area contributed by atoms with Crippen molar-refractivity contribution >= 4 is 34.5 Å². The number of aromatic nitrogens is 2. The molecule has 1 N–H and O–H groups in total. The monoisotopic (exact) mass is 341 g/mol. The molecule has 1 aliphatic rings. The van der Waals surface area contributed by atoms with Crippen LogP contribution in [-0.4, -0.2) is 22.8 Å². The van der Waals surface area contributed by atoms with Crippen LogP contribution in [-0.2, 0) is 12.8 Å². The molecule has 0 amide bonds. The first kappa shape index (κ1) is 15.2. The molecule has 112 valence electrons. The minimum atomic E-state index is 0.585. The van der Waals surface area contributed by atoms with Crippen molar-refractivity contribution in [3.05, 3.63) is 43.8 Å². The van der Waals surface area contributed by atoms with Crippen LogP contribution in [0.2, 0.25) is 10.0 Å². The molecule has 1 aromatic carbocycles. The zero-order valence-corrected chi connectivity index (χ0v) is 13.9. The molecule has 1 aliphatic carbocycles. The molecule has 1 saturated carbocycles. The van der Waals surface area contributed by atoms with Crippen molar-refractivity contribution in [1.82, 2.24) is 15.5 Å². The summed E-state index contributed by atoms with van der Waals surface area (Å²) in [4.78, 5) is 0. The van der Waals surface area contributed by atoms with Gasteiger partial charge in [0.25, 0.3) is 0 Å². The fraction of sp³-hybridized carbons (Fsp3) is 0.467. The maximum atomic E-state index is 6.03. The fourth-order valence-corrected chi connectivity index (χ4v) is 3.36. The summed E-state index contributed by atoms with van der Waals surface area (Å²) in [5.74, 6) is 0.